The summed E-state index contributed by atoms with van der Waals surface area (Å²) in [6.07, 6.45) is 1.15. The molecule has 15 heavy (non-hydrogen) atoms. The highest BCUT2D eigenvalue weighted by Crippen LogP contribution is 2.22. The van der Waals surface area contributed by atoms with Gasteiger partial charge >= 0.3 is 0 Å². The molecule has 0 aromatic heterocycles. The van der Waals surface area contributed by atoms with Crippen LogP contribution in [0.4, 0.5) is 5.69 Å². The van der Waals surface area contributed by atoms with Gasteiger partial charge in [-0.2, -0.15) is 0 Å². The average molecular weight is 227 g/mol. The minimum absolute atomic E-state index is 0.838. The highest BCUT2D eigenvalue weighted by atomic mass is 35.5. The SMILES string of the molecule is CCCNCc1ccc(N(C)C)cc1Cl. The van der Waals surface area contributed by atoms with Crippen LogP contribution >= 0.6 is 11.6 Å². The van der Waals surface area contributed by atoms with E-state index in [4.69, 9.17) is 11.6 Å². The molecule has 3 heteroatoms. The van der Waals surface area contributed by atoms with E-state index in [-0.39, 0.29) is 0 Å². The molecule has 0 fully saturated rings. The molecule has 0 spiro atoms. The van der Waals surface area contributed by atoms with Gasteiger partial charge < -0.3 is 10.2 Å². The van der Waals surface area contributed by atoms with Gasteiger partial charge in [-0.05, 0) is 30.7 Å². The van der Waals surface area contributed by atoms with Crippen molar-refractivity contribution in [1.82, 2.24) is 5.32 Å². The van der Waals surface area contributed by atoms with Crippen LogP contribution < -0.4 is 10.2 Å². The van der Waals surface area contributed by atoms with Crippen molar-refractivity contribution < 1.29 is 0 Å². The fourth-order valence-electron chi connectivity index (χ4n) is 1.36. The van der Waals surface area contributed by atoms with Crippen molar-refractivity contribution >= 4 is 17.3 Å². The van der Waals surface area contributed by atoms with Crippen molar-refractivity contribution in [3.8, 4) is 0 Å². The molecule has 0 amide bonds. The summed E-state index contributed by atoms with van der Waals surface area (Å²) in [6.45, 7) is 4.04. The van der Waals surface area contributed by atoms with Gasteiger partial charge in [-0.1, -0.05) is 24.6 Å². The molecule has 0 saturated heterocycles. The van der Waals surface area contributed by atoms with Crippen LogP contribution in [0, 0.1) is 0 Å². The molecule has 0 atom stereocenters. The van der Waals surface area contributed by atoms with Gasteiger partial charge in [0.15, 0.2) is 0 Å². The number of benzene rings is 1. The minimum atomic E-state index is 0.838. The second-order valence-electron chi connectivity index (χ2n) is 3.85. The van der Waals surface area contributed by atoms with E-state index in [1.165, 1.54) is 0 Å². The van der Waals surface area contributed by atoms with Crippen molar-refractivity contribution in [2.75, 3.05) is 25.5 Å². The lowest BCUT2D eigenvalue weighted by Gasteiger charge is -2.14. The Hall–Kier alpha value is -0.730. The lowest BCUT2D eigenvalue weighted by Crippen LogP contribution is -2.14. The summed E-state index contributed by atoms with van der Waals surface area (Å²) < 4.78 is 0. The van der Waals surface area contributed by atoms with Crippen LogP contribution in [-0.2, 0) is 6.54 Å². The summed E-state index contributed by atoms with van der Waals surface area (Å²) in [5.41, 5.74) is 2.30. The number of rotatable bonds is 5. The minimum Gasteiger partial charge on any atom is -0.378 e. The molecule has 84 valence electrons. The van der Waals surface area contributed by atoms with Crippen LogP contribution in [0.15, 0.2) is 18.2 Å². The number of anilines is 1. The number of nitrogens with one attached hydrogen (secondary N) is 1. The van der Waals surface area contributed by atoms with Crippen LogP contribution in [0.3, 0.4) is 0 Å². The molecule has 0 radical (unpaired) electrons. The van der Waals surface area contributed by atoms with Gasteiger partial charge in [0.05, 0.1) is 0 Å². The van der Waals surface area contributed by atoms with Crippen LogP contribution in [-0.4, -0.2) is 20.6 Å². The van der Waals surface area contributed by atoms with Gasteiger partial charge in [0.1, 0.15) is 0 Å². The van der Waals surface area contributed by atoms with E-state index in [9.17, 15) is 0 Å². The van der Waals surface area contributed by atoms with Gasteiger partial charge in [-0.3, -0.25) is 0 Å². The van der Waals surface area contributed by atoms with E-state index in [2.05, 4.69) is 29.3 Å². The monoisotopic (exact) mass is 226 g/mol. The van der Waals surface area contributed by atoms with E-state index < -0.39 is 0 Å². The third kappa shape index (κ3) is 3.73. The first kappa shape index (κ1) is 12.3. The molecule has 2 nitrogen and oxygen atoms in total. The average Bonchev–Trinajstić information content (AvgIpc) is 2.20. The molecule has 0 aliphatic carbocycles. The summed E-state index contributed by atoms with van der Waals surface area (Å²) in [6, 6.07) is 6.18. The molecule has 0 saturated carbocycles. The molecular weight excluding hydrogens is 208 g/mol. The van der Waals surface area contributed by atoms with E-state index in [1.807, 2.05) is 20.2 Å². The van der Waals surface area contributed by atoms with Crippen LogP contribution in [0.1, 0.15) is 18.9 Å². The maximum Gasteiger partial charge on any atom is 0.0471 e. The Labute approximate surface area is 97.2 Å². The third-order valence-corrected chi connectivity index (χ3v) is 2.65. The lowest BCUT2D eigenvalue weighted by atomic mass is 10.2. The Morgan fingerprint density at radius 2 is 2.07 bits per heavy atom. The second kappa shape index (κ2) is 5.99. The Morgan fingerprint density at radius 3 is 2.60 bits per heavy atom. The zero-order valence-electron chi connectivity index (χ0n) is 9.68. The standard InChI is InChI=1S/C12H19ClN2/c1-4-7-14-9-10-5-6-11(15(2)3)8-12(10)13/h5-6,8,14H,4,7,9H2,1-3H3. The Bertz CT molecular complexity index is 310. The van der Waals surface area contributed by atoms with Gasteiger partial charge in [-0.15, -0.1) is 0 Å². The molecule has 1 aromatic carbocycles. The molecule has 1 rings (SSSR count). The van der Waals surface area contributed by atoms with E-state index in [1.54, 1.807) is 0 Å². The molecule has 0 aliphatic rings. The number of nitrogens with zero attached hydrogens (tertiary/aromatic N) is 1. The summed E-state index contributed by atoms with van der Waals surface area (Å²) in [7, 11) is 4.03. The predicted octanol–water partition coefficient (Wildman–Crippen LogP) is 2.91. The van der Waals surface area contributed by atoms with E-state index >= 15 is 0 Å². The fraction of sp³-hybridized carbons (Fsp3) is 0.500. The molecule has 0 bridgehead atoms. The fourth-order valence-corrected chi connectivity index (χ4v) is 1.60. The highest BCUT2D eigenvalue weighted by molar-refractivity contribution is 6.31. The largest absolute Gasteiger partial charge is 0.378 e. The van der Waals surface area contributed by atoms with Crippen LogP contribution in [0.25, 0.3) is 0 Å². The quantitative estimate of drug-likeness (QED) is 0.777. The predicted molar refractivity (Wildman–Crippen MR) is 67.8 cm³/mol. The second-order valence-corrected chi connectivity index (χ2v) is 4.25. The molecule has 0 heterocycles. The Kier molecular flexibility index (Phi) is 4.92. The van der Waals surface area contributed by atoms with E-state index in [0.717, 1.165) is 35.8 Å². The lowest BCUT2D eigenvalue weighted by molar-refractivity contribution is 0.675. The smallest absolute Gasteiger partial charge is 0.0471 e. The Balaban J connectivity index is 2.66. The third-order valence-electron chi connectivity index (χ3n) is 2.30. The molecule has 0 aliphatic heterocycles. The van der Waals surface area contributed by atoms with Crippen molar-refractivity contribution in [1.29, 1.82) is 0 Å². The van der Waals surface area contributed by atoms with Gasteiger partial charge in [0, 0.05) is 31.4 Å². The maximum atomic E-state index is 6.19. The molecule has 0 unspecified atom stereocenters. The first-order valence-electron chi connectivity index (χ1n) is 5.31. The van der Waals surface area contributed by atoms with Crippen molar-refractivity contribution in [3.05, 3.63) is 28.8 Å². The van der Waals surface area contributed by atoms with E-state index in [0.29, 0.717) is 0 Å². The van der Waals surface area contributed by atoms with Gasteiger partial charge in [0.2, 0.25) is 0 Å². The van der Waals surface area contributed by atoms with Gasteiger partial charge in [0.25, 0.3) is 0 Å². The zero-order chi connectivity index (χ0) is 11.3. The van der Waals surface area contributed by atoms with Crippen molar-refractivity contribution in [2.45, 2.75) is 19.9 Å². The zero-order valence-corrected chi connectivity index (χ0v) is 10.4. The molecule has 1 aromatic rings. The summed E-state index contributed by atoms with van der Waals surface area (Å²) >= 11 is 6.19. The topological polar surface area (TPSA) is 15.3 Å². The summed E-state index contributed by atoms with van der Waals surface area (Å²) in [5.74, 6) is 0. The molecule has 1 N–H and O–H groups in total. The summed E-state index contributed by atoms with van der Waals surface area (Å²) in [5, 5.41) is 4.18. The maximum absolute atomic E-state index is 6.19. The van der Waals surface area contributed by atoms with Gasteiger partial charge in [-0.25, -0.2) is 0 Å². The van der Waals surface area contributed by atoms with Crippen LogP contribution in [0.5, 0.6) is 0 Å². The van der Waals surface area contributed by atoms with Crippen LogP contribution in [0.2, 0.25) is 5.02 Å². The first-order valence-corrected chi connectivity index (χ1v) is 5.69. The Morgan fingerprint density at radius 1 is 1.33 bits per heavy atom. The highest BCUT2D eigenvalue weighted by Gasteiger charge is 2.02. The normalized spacial score (nSPS) is 10.4. The number of halogens is 1. The summed E-state index contributed by atoms with van der Waals surface area (Å²) in [4.78, 5) is 2.05. The first-order chi connectivity index (χ1) is 7.15. The molecular formula is C12H19ClN2. The number of hydrogen-bond acceptors (Lipinski definition) is 2. The number of hydrogen-bond donors (Lipinski definition) is 1. The van der Waals surface area contributed by atoms with Crippen molar-refractivity contribution in [3.63, 3.8) is 0 Å². The van der Waals surface area contributed by atoms with Crippen molar-refractivity contribution in [2.24, 2.45) is 0 Å².